The van der Waals surface area contributed by atoms with Crippen molar-refractivity contribution in [2.45, 2.75) is 18.9 Å². The number of aromatic nitrogens is 2. The summed E-state index contributed by atoms with van der Waals surface area (Å²) in [6, 6.07) is 8.08. The molecule has 0 amide bonds. The van der Waals surface area contributed by atoms with E-state index in [2.05, 4.69) is 10.4 Å². The van der Waals surface area contributed by atoms with Crippen LogP contribution in [0.25, 0.3) is 10.9 Å². The highest BCUT2D eigenvalue weighted by Crippen LogP contribution is 2.12. The monoisotopic (exact) mass is 217 g/mol. The first-order valence-corrected chi connectivity index (χ1v) is 5.74. The number of nitrogens with one attached hydrogen (secondary N) is 1. The summed E-state index contributed by atoms with van der Waals surface area (Å²) in [6.07, 6.45) is 4.34. The van der Waals surface area contributed by atoms with Gasteiger partial charge in [-0.1, -0.05) is 23.0 Å². The molecule has 0 radical (unpaired) electrons. The predicted octanol–water partition coefficient (Wildman–Crippen LogP) is 1.22. The summed E-state index contributed by atoms with van der Waals surface area (Å²) < 4.78 is 0. The van der Waals surface area contributed by atoms with Crippen molar-refractivity contribution in [3.05, 3.63) is 30.5 Å². The van der Waals surface area contributed by atoms with Gasteiger partial charge < -0.3 is 10.2 Å². The van der Waals surface area contributed by atoms with Crippen molar-refractivity contribution < 1.29 is 4.84 Å². The molecule has 1 unspecified atom stereocenters. The lowest BCUT2D eigenvalue weighted by molar-refractivity contribution is 0.0100. The molecule has 0 saturated carbocycles. The van der Waals surface area contributed by atoms with E-state index in [4.69, 9.17) is 4.84 Å². The maximum atomic E-state index is 5.85. The zero-order valence-electron chi connectivity index (χ0n) is 9.10. The minimum atomic E-state index is 0.233. The van der Waals surface area contributed by atoms with Gasteiger partial charge in [-0.2, -0.15) is 0 Å². The Morgan fingerprint density at radius 2 is 2.31 bits per heavy atom. The number of fused-ring (bicyclic) bond motifs is 1. The average Bonchev–Trinajstić information content (AvgIpc) is 2.74. The molecule has 2 heterocycles. The van der Waals surface area contributed by atoms with Gasteiger partial charge in [0.1, 0.15) is 11.6 Å². The fourth-order valence-electron chi connectivity index (χ4n) is 2.08. The molecule has 1 aromatic heterocycles. The summed E-state index contributed by atoms with van der Waals surface area (Å²) in [5.41, 5.74) is 1.04. The van der Waals surface area contributed by atoms with E-state index in [0.29, 0.717) is 0 Å². The molecule has 84 valence electrons. The van der Waals surface area contributed by atoms with Gasteiger partial charge in [-0.3, -0.25) is 0 Å². The SMILES string of the molecule is c1ccc2c(c1)cnn2OC1CCCNC1. The van der Waals surface area contributed by atoms with Gasteiger partial charge in [0.15, 0.2) is 0 Å². The Balaban J connectivity index is 1.83. The van der Waals surface area contributed by atoms with Crippen LogP contribution in [0.2, 0.25) is 0 Å². The molecule has 1 aliphatic rings. The quantitative estimate of drug-likeness (QED) is 0.822. The number of nitrogens with zero attached hydrogens (tertiary/aromatic N) is 2. The van der Waals surface area contributed by atoms with Gasteiger partial charge in [0.2, 0.25) is 0 Å². The molecule has 1 N–H and O–H groups in total. The van der Waals surface area contributed by atoms with Crippen LogP contribution in [0.1, 0.15) is 12.8 Å². The second kappa shape index (κ2) is 4.14. The molecule has 1 atom stereocenters. The van der Waals surface area contributed by atoms with Crippen molar-refractivity contribution in [3.8, 4) is 0 Å². The molecule has 0 aliphatic carbocycles. The van der Waals surface area contributed by atoms with E-state index >= 15 is 0 Å². The average molecular weight is 217 g/mol. The Labute approximate surface area is 94.2 Å². The highest BCUT2D eigenvalue weighted by Gasteiger charge is 2.15. The van der Waals surface area contributed by atoms with E-state index < -0.39 is 0 Å². The fourth-order valence-corrected chi connectivity index (χ4v) is 2.08. The number of hydrogen-bond donors (Lipinski definition) is 1. The molecule has 1 fully saturated rings. The summed E-state index contributed by atoms with van der Waals surface area (Å²) in [5.74, 6) is 0. The van der Waals surface area contributed by atoms with Crippen molar-refractivity contribution in [2.24, 2.45) is 0 Å². The van der Waals surface area contributed by atoms with E-state index in [0.717, 1.165) is 30.4 Å². The Morgan fingerprint density at radius 3 is 3.19 bits per heavy atom. The van der Waals surface area contributed by atoms with Crippen molar-refractivity contribution in [3.63, 3.8) is 0 Å². The Kier molecular flexibility index (Phi) is 2.50. The Morgan fingerprint density at radius 1 is 1.38 bits per heavy atom. The van der Waals surface area contributed by atoms with Crippen molar-refractivity contribution in [1.29, 1.82) is 0 Å². The third-order valence-electron chi connectivity index (χ3n) is 2.95. The molecule has 3 rings (SSSR count). The molecule has 0 spiro atoms. The molecule has 4 heteroatoms. The maximum absolute atomic E-state index is 5.85. The molecule has 1 saturated heterocycles. The molecule has 1 aromatic carbocycles. The van der Waals surface area contributed by atoms with Crippen LogP contribution in [0.5, 0.6) is 0 Å². The summed E-state index contributed by atoms with van der Waals surface area (Å²) >= 11 is 0. The van der Waals surface area contributed by atoms with Crippen molar-refractivity contribution in [1.82, 2.24) is 15.3 Å². The highest BCUT2D eigenvalue weighted by atomic mass is 16.7. The van der Waals surface area contributed by atoms with Crippen LogP contribution in [-0.4, -0.2) is 29.1 Å². The van der Waals surface area contributed by atoms with E-state index in [9.17, 15) is 0 Å². The lowest BCUT2D eigenvalue weighted by Gasteiger charge is -2.23. The topological polar surface area (TPSA) is 39.1 Å². The number of hydrogen-bond acceptors (Lipinski definition) is 3. The largest absolute Gasteiger partial charge is 0.392 e. The van der Waals surface area contributed by atoms with Gasteiger partial charge in [-0.15, -0.1) is 5.10 Å². The van der Waals surface area contributed by atoms with Crippen LogP contribution < -0.4 is 10.2 Å². The molecule has 2 aromatic rings. The van der Waals surface area contributed by atoms with E-state index in [1.54, 1.807) is 4.85 Å². The van der Waals surface area contributed by atoms with E-state index in [1.165, 1.54) is 6.42 Å². The number of rotatable bonds is 2. The van der Waals surface area contributed by atoms with Crippen LogP contribution in [-0.2, 0) is 0 Å². The van der Waals surface area contributed by atoms with Gasteiger partial charge in [0, 0.05) is 11.9 Å². The van der Waals surface area contributed by atoms with Crippen LogP contribution >= 0.6 is 0 Å². The minimum Gasteiger partial charge on any atom is -0.392 e. The number of para-hydroxylation sites is 1. The molecule has 0 bridgehead atoms. The highest BCUT2D eigenvalue weighted by molar-refractivity contribution is 5.77. The normalized spacial score (nSPS) is 21.1. The van der Waals surface area contributed by atoms with Gasteiger partial charge >= 0.3 is 0 Å². The molecule has 1 aliphatic heterocycles. The second-order valence-corrected chi connectivity index (χ2v) is 4.15. The molecule has 16 heavy (non-hydrogen) atoms. The maximum Gasteiger partial charge on any atom is 0.139 e. The van der Waals surface area contributed by atoms with Crippen molar-refractivity contribution >= 4 is 10.9 Å². The molecular formula is C12H15N3O. The zero-order chi connectivity index (χ0) is 10.8. The fraction of sp³-hybridized carbons (Fsp3) is 0.417. The first-order valence-electron chi connectivity index (χ1n) is 5.74. The smallest absolute Gasteiger partial charge is 0.139 e. The van der Waals surface area contributed by atoms with E-state index in [1.807, 2.05) is 30.5 Å². The first kappa shape index (κ1) is 9.66. The lowest BCUT2D eigenvalue weighted by Crippen LogP contribution is -2.40. The third kappa shape index (κ3) is 1.76. The Bertz CT molecular complexity index is 474. The van der Waals surface area contributed by atoms with Gasteiger partial charge in [-0.25, -0.2) is 0 Å². The van der Waals surface area contributed by atoms with Gasteiger partial charge in [-0.05, 0) is 25.5 Å². The number of benzene rings is 1. The van der Waals surface area contributed by atoms with Crippen LogP contribution in [0.3, 0.4) is 0 Å². The third-order valence-corrected chi connectivity index (χ3v) is 2.95. The number of piperidine rings is 1. The van der Waals surface area contributed by atoms with Crippen molar-refractivity contribution in [2.75, 3.05) is 13.1 Å². The predicted molar refractivity (Wildman–Crippen MR) is 62.2 cm³/mol. The summed E-state index contributed by atoms with van der Waals surface area (Å²) in [7, 11) is 0. The molecule has 4 nitrogen and oxygen atoms in total. The standard InChI is InChI=1S/C12H15N3O/c1-2-6-12-10(4-1)8-14-15(12)16-11-5-3-7-13-9-11/h1-2,4,6,8,11,13H,3,5,7,9H2. The van der Waals surface area contributed by atoms with Crippen LogP contribution in [0, 0.1) is 0 Å². The summed E-state index contributed by atoms with van der Waals surface area (Å²) in [6.45, 7) is 2.01. The molecular weight excluding hydrogens is 202 g/mol. The van der Waals surface area contributed by atoms with Crippen LogP contribution in [0.15, 0.2) is 30.5 Å². The lowest BCUT2D eigenvalue weighted by atomic mass is 10.1. The minimum absolute atomic E-state index is 0.233. The second-order valence-electron chi connectivity index (χ2n) is 4.15. The van der Waals surface area contributed by atoms with E-state index in [-0.39, 0.29) is 6.10 Å². The van der Waals surface area contributed by atoms with Gasteiger partial charge in [0.25, 0.3) is 0 Å². The summed E-state index contributed by atoms with van der Waals surface area (Å²) in [5, 5.41) is 8.70. The zero-order valence-corrected chi connectivity index (χ0v) is 9.10. The first-order chi connectivity index (χ1) is 7.93. The Hall–Kier alpha value is -1.55. The van der Waals surface area contributed by atoms with Crippen LogP contribution in [0.4, 0.5) is 0 Å². The summed E-state index contributed by atoms with van der Waals surface area (Å²) in [4.78, 5) is 7.50. The van der Waals surface area contributed by atoms with Gasteiger partial charge in [0.05, 0.1) is 6.20 Å².